The standard InChI is InChI=1S/C57H37NO/c1-56(46-25-11-5-19-38(46)39-20-6-12-26-47(39)56)52-35-55-45(44-24-10-16-30-54(44)59-55)34-53(52)58(36-17-3-2-4-18-36)37-31-32-43-42-23-9-15-29-50(42)57(51(43)33-37)48-27-13-7-21-40(48)41-22-8-14-28-49(41)57/h2-35H,1H3. The van der Waals surface area contributed by atoms with Gasteiger partial charge in [0.25, 0.3) is 0 Å². The Bertz CT molecular complexity index is 3260. The van der Waals surface area contributed by atoms with E-state index in [-0.39, 0.29) is 0 Å². The summed E-state index contributed by atoms with van der Waals surface area (Å²) in [6.07, 6.45) is 0. The Balaban J connectivity index is 1.14. The van der Waals surface area contributed by atoms with E-state index in [1.165, 1.54) is 72.3 Å². The van der Waals surface area contributed by atoms with E-state index in [2.05, 4.69) is 218 Å². The number of furan rings is 1. The number of benzene rings is 9. The number of anilines is 3. The van der Waals surface area contributed by atoms with E-state index in [0.29, 0.717) is 0 Å². The minimum Gasteiger partial charge on any atom is -0.456 e. The first-order valence-electron chi connectivity index (χ1n) is 20.6. The minimum atomic E-state index is -0.486. The van der Waals surface area contributed by atoms with Crippen LogP contribution in [0.25, 0.3) is 55.3 Å². The van der Waals surface area contributed by atoms with Crippen LogP contribution in [0.15, 0.2) is 211 Å². The summed E-state index contributed by atoms with van der Waals surface area (Å²) < 4.78 is 6.73. The highest BCUT2D eigenvalue weighted by molar-refractivity contribution is 6.08. The van der Waals surface area contributed by atoms with Crippen molar-refractivity contribution in [3.63, 3.8) is 0 Å². The molecule has 276 valence electrons. The van der Waals surface area contributed by atoms with Gasteiger partial charge in [0, 0.05) is 27.6 Å². The molecule has 0 aliphatic heterocycles. The van der Waals surface area contributed by atoms with Gasteiger partial charge in [-0.15, -0.1) is 0 Å². The van der Waals surface area contributed by atoms with Crippen molar-refractivity contribution in [1.29, 1.82) is 0 Å². The lowest BCUT2D eigenvalue weighted by Gasteiger charge is -2.36. The predicted octanol–water partition coefficient (Wildman–Crippen LogP) is 14.7. The van der Waals surface area contributed by atoms with E-state index in [1.807, 2.05) is 0 Å². The van der Waals surface area contributed by atoms with E-state index < -0.39 is 10.8 Å². The van der Waals surface area contributed by atoms with Crippen LogP contribution in [-0.4, -0.2) is 0 Å². The predicted molar refractivity (Wildman–Crippen MR) is 242 cm³/mol. The van der Waals surface area contributed by atoms with Crippen LogP contribution >= 0.6 is 0 Å². The lowest BCUT2D eigenvalue weighted by molar-refractivity contribution is 0.662. The minimum absolute atomic E-state index is 0.458. The van der Waals surface area contributed by atoms with E-state index in [0.717, 1.165) is 39.0 Å². The number of fused-ring (bicyclic) bond motifs is 16. The average molecular weight is 752 g/mol. The molecule has 0 unspecified atom stereocenters. The zero-order chi connectivity index (χ0) is 38.9. The molecule has 0 saturated carbocycles. The largest absolute Gasteiger partial charge is 0.456 e. The highest BCUT2D eigenvalue weighted by atomic mass is 16.3. The van der Waals surface area contributed by atoms with Crippen LogP contribution in [0.2, 0.25) is 0 Å². The molecule has 0 saturated heterocycles. The quantitative estimate of drug-likeness (QED) is 0.178. The number of para-hydroxylation sites is 2. The fourth-order valence-corrected chi connectivity index (χ4v) is 11.3. The molecule has 2 heteroatoms. The first-order chi connectivity index (χ1) is 29.2. The van der Waals surface area contributed by atoms with Gasteiger partial charge in [-0.3, -0.25) is 0 Å². The maximum Gasteiger partial charge on any atom is 0.135 e. The van der Waals surface area contributed by atoms with Gasteiger partial charge in [0.2, 0.25) is 0 Å². The van der Waals surface area contributed by atoms with Crippen LogP contribution < -0.4 is 4.90 Å². The molecule has 0 radical (unpaired) electrons. The van der Waals surface area contributed by atoms with Crippen molar-refractivity contribution in [2.24, 2.45) is 0 Å². The third-order valence-corrected chi connectivity index (χ3v) is 13.7. The highest BCUT2D eigenvalue weighted by Crippen LogP contribution is 2.64. The third kappa shape index (κ3) is 4.15. The Hall–Kier alpha value is -7.42. The van der Waals surface area contributed by atoms with Crippen LogP contribution in [0.5, 0.6) is 0 Å². The van der Waals surface area contributed by atoms with E-state index in [9.17, 15) is 0 Å². The molecule has 9 aromatic carbocycles. The molecular weight excluding hydrogens is 715 g/mol. The third-order valence-electron chi connectivity index (χ3n) is 13.7. The van der Waals surface area contributed by atoms with Gasteiger partial charge in [-0.2, -0.15) is 0 Å². The van der Waals surface area contributed by atoms with Gasteiger partial charge in [0.1, 0.15) is 11.2 Å². The lowest BCUT2D eigenvalue weighted by atomic mass is 9.70. The lowest BCUT2D eigenvalue weighted by Crippen LogP contribution is -2.27. The smallest absolute Gasteiger partial charge is 0.135 e. The van der Waals surface area contributed by atoms with Gasteiger partial charge in [-0.05, 0) is 122 Å². The zero-order valence-corrected chi connectivity index (χ0v) is 32.5. The van der Waals surface area contributed by atoms with Crippen molar-refractivity contribution >= 4 is 39.0 Å². The monoisotopic (exact) mass is 751 g/mol. The van der Waals surface area contributed by atoms with Gasteiger partial charge < -0.3 is 9.32 Å². The maximum atomic E-state index is 6.73. The number of nitrogens with zero attached hydrogens (tertiary/aromatic N) is 1. The molecule has 0 atom stereocenters. The van der Waals surface area contributed by atoms with Gasteiger partial charge in [0.05, 0.1) is 11.1 Å². The number of hydrogen-bond acceptors (Lipinski definition) is 2. The summed E-state index contributed by atoms with van der Waals surface area (Å²) in [5.41, 5.74) is 21.1. The summed E-state index contributed by atoms with van der Waals surface area (Å²) in [5, 5.41) is 2.22. The van der Waals surface area contributed by atoms with Gasteiger partial charge in [0.15, 0.2) is 0 Å². The molecule has 1 heterocycles. The Morgan fingerprint density at radius 2 is 0.814 bits per heavy atom. The second-order valence-corrected chi connectivity index (χ2v) is 16.5. The molecular formula is C57H37NO. The van der Waals surface area contributed by atoms with Crippen LogP contribution in [-0.2, 0) is 10.8 Å². The van der Waals surface area contributed by atoms with Gasteiger partial charge >= 0.3 is 0 Å². The molecule has 59 heavy (non-hydrogen) atoms. The van der Waals surface area contributed by atoms with Crippen molar-refractivity contribution in [3.05, 3.63) is 245 Å². The SMILES string of the molecule is CC1(c2cc3oc4ccccc4c3cc2N(c2ccccc2)c2ccc3c(c2)C2(c4ccccc4-c4ccccc42)c2ccccc2-3)c2ccccc2-c2ccccc21. The molecule has 3 aliphatic rings. The van der Waals surface area contributed by atoms with Gasteiger partial charge in [-0.1, -0.05) is 164 Å². The van der Waals surface area contributed by atoms with E-state index in [1.54, 1.807) is 0 Å². The van der Waals surface area contributed by atoms with Crippen LogP contribution in [0.3, 0.4) is 0 Å². The Labute approximate surface area is 343 Å². The molecule has 2 nitrogen and oxygen atoms in total. The summed E-state index contributed by atoms with van der Waals surface area (Å²) in [6, 6.07) is 76.4. The van der Waals surface area contributed by atoms with E-state index in [4.69, 9.17) is 4.42 Å². The van der Waals surface area contributed by atoms with Crippen molar-refractivity contribution < 1.29 is 4.42 Å². The summed E-state index contributed by atoms with van der Waals surface area (Å²) in [4.78, 5) is 2.51. The summed E-state index contributed by atoms with van der Waals surface area (Å²) >= 11 is 0. The van der Waals surface area contributed by atoms with E-state index >= 15 is 0 Å². The van der Waals surface area contributed by atoms with Crippen molar-refractivity contribution in [2.45, 2.75) is 17.8 Å². The summed E-state index contributed by atoms with van der Waals surface area (Å²) in [6.45, 7) is 2.41. The fourth-order valence-electron chi connectivity index (χ4n) is 11.3. The zero-order valence-electron chi connectivity index (χ0n) is 32.5. The topological polar surface area (TPSA) is 16.4 Å². The maximum absolute atomic E-state index is 6.73. The summed E-state index contributed by atoms with van der Waals surface area (Å²) in [7, 11) is 0. The Morgan fingerprint density at radius 3 is 1.41 bits per heavy atom. The van der Waals surface area contributed by atoms with Crippen LogP contribution in [0.1, 0.15) is 45.9 Å². The average Bonchev–Trinajstić information content (AvgIpc) is 3.99. The molecule has 0 amide bonds. The molecule has 13 rings (SSSR count). The molecule has 10 aromatic rings. The van der Waals surface area contributed by atoms with Crippen molar-refractivity contribution in [2.75, 3.05) is 4.90 Å². The normalized spacial score (nSPS) is 14.5. The van der Waals surface area contributed by atoms with Crippen molar-refractivity contribution in [1.82, 2.24) is 0 Å². The summed E-state index contributed by atoms with van der Waals surface area (Å²) in [5.74, 6) is 0. The molecule has 3 aliphatic carbocycles. The van der Waals surface area contributed by atoms with Gasteiger partial charge in [-0.25, -0.2) is 0 Å². The number of rotatable bonds is 4. The second-order valence-electron chi connectivity index (χ2n) is 16.5. The van der Waals surface area contributed by atoms with Crippen LogP contribution in [0, 0.1) is 0 Å². The molecule has 0 bridgehead atoms. The second kappa shape index (κ2) is 11.8. The first-order valence-corrected chi connectivity index (χ1v) is 20.6. The fraction of sp³-hybridized carbons (Fsp3) is 0.0526. The molecule has 1 aromatic heterocycles. The van der Waals surface area contributed by atoms with Crippen molar-refractivity contribution in [3.8, 4) is 33.4 Å². The Morgan fingerprint density at radius 1 is 0.339 bits per heavy atom. The van der Waals surface area contributed by atoms with Crippen LogP contribution in [0.4, 0.5) is 17.1 Å². The molecule has 1 spiro atoms. The first kappa shape index (κ1) is 32.6. The molecule has 0 N–H and O–H groups in total. The molecule has 0 fully saturated rings. The highest BCUT2D eigenvalue weighted by Gasteiger charge is 2.52. The Kier molecular flexibility index (Phi) is 6.54. The number of hydrogen-bond donors (Lipinski definition) is 0.